The van der Waals surface area contributed by atoms with Crippen LogP contribution in [0, 0.1) is 17.5 Å². The minimum Gasteiger partial charge on any atom is -0.491 e. The summed E-state index contributed by atoms with van der Waals surface area (Å²) in [7, 11) is 0. The average Bonchev–Trinajstić information content (AvgIpc) is 2.91. The van der Waals surface area contributed by atoms with Gasteiger partial charge in [0.1, 0.15) is 23.2 Å². The monoisotopic (exact) mass is 625 g/mol. The molecule has 232 valence electrons. The molecular formula is C32H24F9NO2. The van der Waals surface area contributed by atoms with Crippen LogP contribution in [0.3, 0.4) is 0 Å². The molecule has 12 heteroatoms. The van der Waals surface area contributed by atoms with E-state index in [4.69, 9.17) is 4.74 Å². The van der Waals surface area contributed by atoms with E-state index in [2.05, 4.69) is 5.32 Å². The second kappa shape index (κ2) is 12.3. The van der Waals surface area contributed by atoms with Gasteiger partial charge in [-0.1, -0.05) is 36.4 Å². The summed E-state index contributed by atoms with van der Waals surface area (Å²) in [4.78, 5) is 13.7. The molecular weight excluding hydrogens is 601 g/mol. The molecule has 1 atom stereocenters. The second-order valence-corrected chi connectivity index (χ2v) is 10.2. The van der Waals surface area contributed by atoms with E-state index in [1.807, 2.05) is 0 Å². The van der Waals surface area contributed by atoms with Crippen molar-refractivity contribution < 1.29 is 49.0 Å². The molecule has 3 nitrogen and oxygen atoms in total. The number of nitrogens with one attached hydrogen (secondary N) is 1. The molecule has 44 heavy (non-hydrogen) atoms. The van der Waals surface area contributed by atoms with Gasteiger partial charge in [-0.25, -0.2) is 13.2 Å². The summed E-state index contributed by atoms with van der Waals surface area (Å²) in [6, 6.07) is 14.4. The normalized spacial score (nSPS) is 13.5. The molecule has 1 amide bonds. The number of ether oxygens (including phenoxy) is 1. The van der Waals surface area contributed by atoms with Crippen molar-refractivity contribution in [3.05, 3.63) is 136 Å². The van der Waals surface area contributed by atoms with Crippen molar-refractivity contribution in [3.8, 4) is 5.75 Å². The Hall–Kier alpha value is -4.48. The van der Waals surface area contributed by atoms with E-state index in [0.29, 0.717) is 23.8 Å². The first-order valence-electron chi connectivity index (χ1n) is 13.1. The smallest absolute Gasteiger partial charge is 0.419 e. The molecule has 0 radical (unpaired) electrons. The van der Waals surface area contributed by atoms with Crippen LogP contribution >= 0.6 is 0 Å². The van der Waals surface area contributed by atoms with E-state index < -0.39 is 64.0 Å². The van der Waals surface area contributed by atoms with Gasteiger partial charge in [0.15, 0.2) is 0 Å². The SMILES string of the molecule is CC(C)Oc1cc(F)cc([C@](Cc2ccccc2)(NC(=O)c2ccc(F)c(C(F)(F)F)c2)c2ccc(F)c(C(F)(F)F)c2)c1. The summed E-state index contributed by atoms with van der Waals surface area (Å²) in [6.45, 7) is 3.26. The summed E-state index contributed by atoms with van der Waals surface area (Å²) in [5, 5.41) is 2.49. The summed E-state index contributed by atoms with van der Waals surface area (Å²) in [6.07, 6.45) is -11.2. The highest BCUT2D eigenvalue weighted by molar-refractivity contribution is 5.95. The Morgan fingerprint density at radius 2 is 1.32 bits per heavy atom. The van der Waals surface area contributed by atoms with E-state index in [0.717, 1.165) is 24.3 Å². The van der Waals surface area contributed by atoms with E-state index in [1.54, 1.807) is 44.2 Å². The number of benzene rings is 4. The lowest BCUT2D eigenvalue weighted by Gasteiger charge is -2.37. The van der Waals surface area contributed by atoms with Gasteiger partial charge in [-0.3, -0.25) is 4.79 Å². The second-order valence-electron chi connectivity index (χ2n) is 10.2. The van der Waals surface area contributed by atoms with Gasteiger partial charge in [-0.05, 0) is 73.0 Å². The first kappa shape index (κ1) is 32.4. The lowest BCUT2D eigenvalue weighted by Crippen LogP contribution is -2.49. The number of carbonyl (C=O) groups excluding carboxylic acids is 1. The standard InChI is InChI=1S/C32H24F9NO2/c1-18(2)44-24-14-22(13-23(33)16-24)30(17-19-6-4-3-5-7-19,21-9-11-28(35)26(15-21)32(39,40)41)42-29(43)20-8-10-27(34)25(12-20)31(36,37)38/h3-16,18H,17H2,1-2H3,(H,42,43)/t30-/m1/s1. The molecule has 0 fully saturated rings. The predicted octanol–water partition coefficient (Wildman–Crippen LogP) is 8.85. The fourth-order valence-electron chi connectivity index (χ4n) is 4.77. The summed E-state index contributed by atoms with van der Waals surface area (Å²) < 4.78 is 131. The van der Waals surface area contributed by atoms with Gasteiger partial charge in [0.2, 0.25) is 0 Å². The number of carbonyl (C=O) groups is 1. The molecule has 4 rings (SSSR count). The summed E-state index contributed by atoms with van der Waals surface area (Å²) in [5.74, 6) is -5.53. The maximum atomic E-state index is 15.1. The van der Waals surface area contributed by atoms with Gasteiger partial charge in [-0.2, -0.15) is 26.3 Å². The third-order valence-electron chi connectivity index (χ3n) is 6.67. The van der Waals surface area contributed by atoms with Gasteiger partial charge in [0, 0.05) is 18.1 Å². The molecule has 0 saturated heterocycles. The van der Waals surface area contributed by atoms with Crippen LogP contribution in [0.2, 0.25) is 0 Å². The largest absolute Gasteiger partial charge is 0.491 e. The summed E-state index contributed by atoms with van der Waals surface area (Å²) in [5.41, 5.74) is -6.43. The third-order valence-corrected chi connectivity index (χ3v) is 6.67. The molecule has 0 saturated carbocycles. The van der Waals surface area contributed by atoms with Crippen LogP contribution in [-0.2, 0) is 24.3 Å². The number of hydrogen-bond acceptors (Lipinski definition) is 2. The molecule has 0 aliphatic rings. The number of halogens is 9. The van der Waals surface area contributed by atoms with Crippen LogP contribution in [-0.4, -0.2) is 12.0 Å². The minimum atomic E-state index is -5.19. The van der Waals surface area contributed by atoms with Crippen LogP contribution in [0.25, 0.3) is 0 Å². The Labute approximate surface area is 246 Å². The summed E-state index contributed by atoms with van der Waals surface area (Å²) >= 11 is 0. The molecule has 0 aromatic heterocycles. The highest BCUT2D eigenvalue weighted by Gasteiger charge is 2.42. The van der Waals surface area contributed by atoms with Crippen LogP contribution in [0.5, 0.6) is 5.75 Å². The maximum Gasteiger partial charge on any atom is 0.419 e. The lowest BCUT2D eigenvalue weighted by molar-refractivity contribution is -0.140. The fourth-order valence-corrected chi connectivity index (χ4v) is 4.77. The fraction of sp³-hybridized carbons (Fsp3) is 0.219. The Balaban J connectivity index is 2.03. The predicted molar refractivity (Wildman–Crippen MR) is 143 cm³/mol. The Morgan fingerprint density at radius 3 is 1.91 bits per heavy atom. The Kier molecular flexibility index (Phi) is 9.03. The number of hydrogen-bond donors (Lipinski definition) is 1. The minimum absolute atomic E-state index is 0.0685. The topological polar surface area (TPSA) is 38.3 Å². The quantitative estimate of drug-likeness (QED) is 0.199. The molecule has 0 aliphatic heterocycles. The van der Waals surface area contributed by atoms with Gasteiger partial charge in [0.05, 0.1) is 22.8 Å². The number of rotatable bonds is 8. The molecule has 0 aliphatic carbocycles. The first-order valence-corrected chi connectivity index (χ1v) is 13.1. The third kappa shape index (κ3) is 7.17. The van der Waals surface area contributed by atoms with Crippen LogP contribution < -0.4 is 10.1 Å². The number of alkyl halides is 6. The van der Waals surface area contributed by atoms with Gasteiger partial charge in [-0.15, -0.1) is 0 Å². The first-order chi connectivity index (χ1) is 20.5. The molecule has 1 N–H and O–H groups in total. The van der Waals surface area contributed by atoms with Crippen molar-refractivity contribution >= 4 is 5.91 Å². The highest BCUT2D eigenvalue weighted by atomic mass is 19.4. The molecule has 4 aromatic rings. The van der Waals surface area contributed by atoms with Gasteiger partial charge < -0.3 is 10.1 Å². The number of amides is 1. The van der Waals surface area contributed by atoms with Crippen molar-refractivity contribution in [2.24, 2.45) is 0 Å². The van der Waals surface area contributed by atoms with Crippen LogP contribution in [0.1, 0.15) is 52.0 Å². The van der Waals surface area contributed by atoms with Crippen molar-refractivity contribution in [1.29, 1.82) is 0 Å². The lowest BCUT2D eigenvalue weighted by atomic mass is 9.77. The van der Waals surface area contributed by atoms with E-state index in [-0.39, 0.29) is 29.4 Å². The molecule has 0 unspecified atom stereocenters. The van der Waals surface area contributed by atoms with Crippen molar-refractivity contribution in [2.75, 3.05) is 0 Å². The molecule has 4 aromatic carbocycles. The maximum absolute atomic E-state index is 15.1. The van der Waals surface area contributed by atoms with E-state index >= 15 is 4.39 Å². The zero-order chi connectivity index (χ0) is 32.4. The van der Waals surface area contributed by atoms with E-state index in [9.17, 15) is 39.9 Å². The van der Waals surface area contributed by atoms with Gasteiger partial charge >= 0.3 is 12.4 Å². The highest BCUT2D eigenvalue weighted by Crippen LogP contribution is 2.40. The van der Waals surface area contributed by atoms with E-state index in [1.165, 1.54) is 6.07 Å². The molecule has 0 bridgehead atoms. The molecule has 0 spiro atoms. The Bertz CT molecular complexity index is 1650. The van der Waals surface area contributed by atoms with Crippen molar-refractivity contribution in [2.45, 2.75) is 44.3 Å². The van der Waals surface area contributed by atoms with Crippen LogP contribution in [0.15, 0.2) is 84.9 Å². The van der Waals surface area contributed by atoms with Crippen LogP contribution in [0.4, 0.5) is 39.5 Å². The van der Waals surface area contributed by atoms with Crippen molar-refractivity contribution in [1.82, 2.24) is 5.32 Å². The zero-order valence-electron chi connectivity index (χ0n) is 23.1. The molecule has 0 heterocycles. The average molecular weight is 626 g/mol. The Morgan fingerprint density at radius 1 is 0.727 bits per heavy atom. The van der Waals surface area contributed by atoms with Crippen molar-refractivity contribution in [3.63, 3.8) is 0 Å². The van der Waals surface area contributed by atoms with Gasteiger partial charge in [0.25, 0.3) is 5.91 Å². The zero-order valence-corrected chi connectivity index (χ0v) is 23.1.